The predicted molar refractivity (Wildman–Crippen MR) is 129 cm³/mol. The quantitative estimate of drug-likeness (QED) is 0.233. The van der Waals surface area contributed by atoms with Crippen LogP contribution >= 0.6 is 0 Å². The van der Waals surface area contributed by atoms with Gasteiger partial charge in [-0.2, -0.15) is 0 Å². The van der Waals surface area contributed by atoms with Crippen LogP contribution < -0.4 is 20.7 Å². The lowest BCUT2D eigenvalue weighted by Gasteiger charge is -2.13. The molecule has 3 rings (SSSR count). The monoisotopic (exact) mass is 464 g/mol. The molecule has 3 aromatic carbocycles. The van der Waals surface area contributed by atoms with E-state index in [0.29, 0.717) is 41.5 Å². The zero-order valence-electron chi connectivity index (χ0n) is 18.7. The van der Waals surface area contributed by atoms with Crippen LogP contribution in [0, 0.1) is 10.1 Å². The molecule has 10 heteroatoms. The van der Waals surface area contributed by atoms with Gasteiger partial charge in [0.25, 0.3) is 17.5 Å². The largest absolute Gasteiger partial charge is 0.495 e. The van der Waals surface area contributed by atoms with Crippen molar-refractivity contribution < 1.29 is 24.0 Å². The number of amides is 2. The third-order valence-electron chi connectivity index (χ3n) is 4.84. The number of ether oxygens (including phenoxy) is 2. The van der Waals surface area contributed by atoms with E-state index in [1.807, 2.05) is 0 Å². The molecule has 3 N–H and O–H groups in total. The first-order valence-corrected chi connectivity index (χ1v) is 10.3. The van der Waals surface area contributed by atoms with E-state index in [1.54, 1.807) is 55.6 Å². The smallest absolute Gasteiger partial charge is 0.270 e. The number of carbonyl (C=O) groups is 2. The van der Waals surface area contributed by atoms with E-state index < -0.39 is 10.8 Å². The van der Waals surface area contributed by atoms with Gasteiger partial charge in [0.2, 0.25) is 0 Å². The Morgan fingerprint density at radius 3 is 2.32 bits per heavy atom. The number of hydrogen-bond donors (Lipinski definition) is 3. The molecule has 0 atom stereocenters. The minimum Gasteiger partial charge on any atom is -0.495 e. The standard InChI is InChI=1S/C24H24N4O6/c1-33-14-13-25-20-12-11-18(28(31)32)15-19(20)24(30)26-17-9-7-16(8-10-17)23(29)27-21-5-3-4-6-22(21)34-2/h3-12,15,25H,13-14H2,1-2H3,(H,26,30)(H,27,29). The van der Waals surface area contributed by atoms with Crippen LogP contribution in [0.4, 0.5) is 22.7 Å². The molecule has 0 unspecified atom stereocenters. The Kier molecular flexibility index (Phi) is 8.14. The van der Waals surface area contributed by atoms with Crippen LogP contribution in [0.5, 0.6) is 5.75 Å². The molecule has 0 fully saturated rings. The lowest BCUT2D eigenvalue weighted by molar-refractivity contribution is -0.384. The number of rotatable bonds is 10. The molecule has 0 aliphatic rings. The Hall–Kier alpha value is -4.44. The lowest BCUT2D eigenvalue weighted by Crippen LogP contribution is -2.17. The number of para-hydroxylation sites is 2. The van der Waals surface area contributed by atoms with Crippen molar-refractivity contribution in [2.45, 2.75) is 0 Å². The molecule has 0 radical (unpaired) electrons. The van der Waals surface area contributed by atoms with Crippen LogP contribution in [0.25, 0.3) is 0 Å². The summed E-state index contributed by atoms with van der Waals surface area (Å²) in [5, 5.41) is 19.7. The summed E-state index contributed by atoms with van der Waals surface area (Å²) in [5.74, 6) is -0.341. The Labute approximate surface area is 196 Å². The minimum absolute atomic E-state index is 0.114. The molecule has 0 aliphatic heterocycles. The summed E-state index contributed by atoms with van der Waals surface area (Å²) in [6.07, 6.45) is 0. The summed E-state index contributed by atoms with van der Waals surface area (Å²) < 4.78 is 10.2. The number of carbonyl (C=O) groups excluding carboxylic acids is 2. The second-order valence-corrected chi connectivity index (χ2v) is 7.09. The molecular weight excluding hydrogens is 440 g/mol. The topological polar surface area (TPSA) is 132 Å². The van der Waals surface area contributed by atoms with E-state index in [2.05, 4.69) is 16.0 Å². The van der Waals surface area contributed by atoms with Gasteiger partial charge in [0.15, 0.2) is 0 Å². The normalized spacial score (nSPS) is 10.3. The van der Waals surface area contributed by atoms with Crippen LogP contribution in [0.2, 0.25) is 0 Å². The fourth-order valence-corrected chi connectivity index (χ4v) is 3.12. The van der Waals surface area contributed by atoms with Crippen molar-refractivity contribution in [1.82, 2.24) is 0 Å². The summed E-state index contributed by atoms with van der Waals surface area (Å²) in [5.41, 5.74) is 1.68. The average molecular weight is 464 g/mol. The number of nitrogens with zero attached hydrogens (tertiary/aromatic N) is 1. The third kappa shape index (κ3) is 6.08. The van der Waals surface area contributed by atoms with Crippen molar-refractivity contribution in [3.8, 4) is 5.75 Å². The van der Waals surface area contributed by atoms with Crippen molar-refractivity contribution in [1.29, 1.82) is 0 Å². The van der Waals surface area contributed by atoms with Crippen LogP contribution in [0.1, 0.15) is 20.7 Å². The highest BCUT2D eigenvalue weighted by molar-refractivity contribution is 6.09. The van der Waals surface area contributed by atoms with Crippen LogP contribution in [-0.4, -0.2) is 44.1 Å². The highest BCUT2D eigenvalue weighted by atomic mass is 16.6. The number of nitro groups is 1. The summed E-state index contributed by atoms with van der Waals surface area (Å²) in [4.78, 5) is 36.0. The van der Waals surface area contributed by atoms with E-state index >= 15 is 0 Å². The number of nitro benzene ring substituents is 1. The maximum Gasteiger partial charge on any atom is 0.270 e. The maximum absolute atomic E-state index is 12.9. The van der Waals surface area contributed by atoms with Crippen molar-refractivity contribution >= 4 is 34.6 Å². The van der Waals surface area contributed by atoms with E-state index in [4.69, 9.17) is 9.47 Å². The molecule has 0 aromatic heterocycles. The Bertz CT molecular complexity index is 1180. The molecule has 0 saturated heterocycles. The van der Waals surface area contributed by atoms with Gasteiger partial charge in [-0.1, -0.05) is 12.1 Å². The van der Waals surface area contributed by atoms with Crippen LogP contribution in [-0.2, 0) is 4.74 Å². The number of benzene rings is 3. The first-order valence-electron chi connectivity index (χ1n) is 10.3. The van der Waals surface area contributed by atoms with Crippen molar-refractivity contribution in [3.63, 3.8) is 0 Å². The fourth-order valence-electron chi connectivity index (χ4n) is 3.12. The maximum atomic E-state index is 12.9. The summed E-state index contributed by atoms with van der Waals surface area (Å²) >= 11 is 0. The molecule has 0 heterocycles. The molecule has 3 aromatic rings. The van der Waals surface area contributed by atoms with Gasteiger partial charge in [0.1, 0.15) is 5.75 Å². The molecule has 10 nitrogen and oxygen atoms in total. The van der Waals surface area contributed by atoms with Crippen LogP contribution in [0.15, 0.2) is 66.7 Å². The van der Waals surface area contributed by atoms with Crippen LogP contribution in [0.3, 0.4) is 0 Å². The second kappa shape index (κ2) is 11.4. The summed E-state index contributed by atoms with van der Waals surface area (Å²) in [6, 6.07) is 17.3. The van der Waals surface area contributed by atoms with Gasteiger partial charge in [-0.15, -0.1) is 0 Å². The van der Waals surface area contributed by atoms with E-state index in [0.717, 1.165) is 0 Å². The molecule has 0 saturated carbocycles. The average Bonchev–Trinajstić information content (AvgIpc) is 2.85. The zero-order valence-corrected chi connectivity index (χ0v) is 18.7. The SMILES string of the molecule is COCCNc1ccc([N+](=O)[O-])cc1C(=O)Nc1ccc(C(=O)Nc2ccccc2OC)cc1. The highest BCUT2D eigenvalue weighted by Crippen LogP contribution is 2.25. The molecule has 0 spiro atoms. The molecule has 0 aliphatic carbocycles. The fraction of sp³-hybridized carbons (Fsp3) is 0.167. The van der Waals surface area contributed by atoms with Gasteiger partial charge in [-0.25, -0.2) is 0 Å². The van der Waals surface area contributed by atoms with Gasteiger partial charge in [-0.05, 0) is 42.5 Å². The first kappa shape index (κ1) is 24.2. The first-order chi connectivity index (χ1) is 16.4. The van der Waals surface area contributed by atoms with E-state index in [9.17, 15) is 19.7 Å². The van der Waals surface area contributed by atoms with Gasteiger partial charge >= 0.3 is 0 Å². The van der Waals surface area contributed by atoms with Crippen molar-refractivity contribution in [2.24, 2.45) is 0 Å². The lowest BCUT2D eigenvalue weighted by atomic mass is 10.1. The second-order valence-electron chi connectivity index (χ2n) is 7.09. The van der Waals surface area contributed by atoms with Crippen molar-refractivity contribution in [2.75, 3.05) is 43.3 Å². The number of hydrogen-bond acceptors (Lipinski definition) is 7. The molecule has 34 heavy (non-hydrogen) atoms. The van der Waals surface area contributed by atoms with Gasteiger partial charge in [-0.3, -0.25) is 19.7 Å². The Balaban J connectivity index is 1.73. The number of anilines is 3. The van der Waals surface area contributed by atoms with Crippen molar-refractivity contribution in [3.05, 3.63) is 88.0 Å². The minimum atomic E-state index is -0.565. The number of nitrogens with one attached hydrogen (secondary N) is 3. The zero-order chi connectivity index (χ0) is 24.5. The number of methoxy groups -OCH3 is 2. The third-order valence-corrected chi connectivity index (χ3v) is 4.84. The molecule has 2 amide bonds. The summed E-state index contributed by atoms with van der Waals surface area (Å²) in [7, 11) is 3.06. The van der Waals surface area contributed by atoms with Gasteiger partial charge < -0.3 is 25.4 Å². The molecule has 0 bridgehead atoms. The van der Waals surface area contributed by atoms with E-state index in [-0.39, 0.29) is 17.2 Å². The van der Waals surface area contributed by atoms with E-state index in [1.165, 1.54) is 25.3 Å². The number of non-ortho nitro benzene ring substituents is 1. The van der Waals surface area contributed by atoms with Gasteiger partial charge in [0.05, 0.1) is 29.9 Å². The molecular formula is C24H24N4O6. The molecule has 176 valence electrons. The Morgan fingerprint density at radius 2 is 1.65 bits per heavy atom. The predicted octanol–water partition coefficient (Wildman–Crippen LogP) is 4.17. The van der Waals surface area contributed by atoms with Gasteiger partial charge in [0, 0.05) is 42.7 Å². The Morgan fingerprint density at radius 1 is 0.912 bits per heavy atom. The highest BCUT2D eigenvalue weighted by Gasteiger charge is 2.17. The summed E-state index contributed by atoms with van der Waals surface area (Å²) in [6.45, 7) is 0.820.